The third-order valence-corrected chi connectivity index (χ3v) is 4.97. The maximum atomic E-state index is 5.95. The highest BCUT2D eigenvalue weighted by Gasteiger charge is 2.09. The highest BCUT2D eigenvalue weighted by molar-refractivity contribution is 5.42. The molecule has 4 nitrogen and oxygen atoms in total. The fraction of sp³-hybridized carbons (Fsp3) is 0.308. The minimum absolute atomic E-state index is 0.545. The predicted octanol–water partition coefficient (Wildman–Crippen LogP) is 5.86. The molecule has 0 saturated carbocycles. The van der Waals surface area contributed by atoms with Gasteiger partial charge in [-0.15, -0.1) is 0 Å². The van der Waals surface area contributed by atoms with Crippen LogP contribution >= 0.6 is 0 Å². The lowest BCUT2D eigenvalue weighted by atomic mass is 10.0. The van der Waals surface area contributed by atoms with E-state index in [4.69, 9.17) is 18.9 Å². The molecule has 0 spiro atoms. The van der Waals surface area contributed by atoms with Gasteiger partial charge in [0.2, 0.25) is 0 Å². The number of hydrogen-bond acceptors (Lipinski definition) is 4. The van der Waals surface area contributed by atoms with Crippen LogP contribution in [-0.2, 0) is 19.4 Å². The molecule has 0 aliphatic rings. The summed E-state index contributed by atoms with van der Waals surface area (Å²) in [7, 11) is 3.36. The second-order valence-corrected chi connectivity index (χ2v) is 7.01. The first-order valence-electron chi connectivity index (χ1n) is 10.4. The molecule has 0 radical (unpaired) electrons. The van der Waals surface area contributed by atoms with Gasteiger partial charge in [0, 0.05) is 12.1 Å². The summed E-state index contributed by atoms with van der Waals surface area (Å²) in [6.07, 6.45) is 2.83. The van der Waals surface area contributed by atoms with Crippen molar-refractivity contribution in [3.63, 3.8) is 0 Å². The Morgan fingerprint density at radius 3 is 2.00 bits per heavy atom. The maximum Gasteiger partial charge on any atom is 0.126 e. The molecular weight excluding hydrogens is 376 g/mol. The molecule has 0 aliphatic carbocycles. The number of rotatable bonds is 11. The Balaban J connectivity index is 1.62. The van der Waals surface area contributed by atoms with E-state index in [9.17, 15) is 0 Å². The van der Waals surface area contributed by atoms with Gasteiger partial charge in [0.05, 0.1) is 20.8 Å². The first kappa shape index (κ1) is 21.6. The molecule has 0 aliphatic heterocycles. The van der Waals surface area contributed by atoms with Crippen molar-refractivity contribution < 1.29 is 18.9 Å². The Morgan fingerprint density at radius 1 is 0.667 bits per heavy atom. The minimum Gasteiger partial charge on any atom is -0.497 e. The van der Waals surface area contributed by atoms with E-state index in [1.54, 1.807) is 14.2 Å². The number of ether oxygens (including phenoxy) is 4. The van der Waals surface area contributed by atoms with Crippen LogP contribution in [0.2, 0.25) is 0 Å². The lowest BCUT2D eigenvalue weighted by Gasteiger charge is -2.14. The van der Waals surface area contributed by atoms with Gasteiger partial charge >= 0.3 is 0 Å². The fourth-order valence-electron chi connectivity index (χ4n) is 3.39. The van der Waals surface area contributed by atoms with Crippen LogP contribution in [0.25, 0.3) is 0 Å². The average molecular weight is 407 g/mol. The molecule has 0 heterocycles. The van der Waals surface area contributed by atoms with Gasteiger partial charge in [0.1, 0.15) is 29.6 Å². The van der Waals surface area contributed by atoms with Crippen LogP contribution in [-0.4, -0.2) is 20.8 Å². The molecule has 0 bridgehead atoms. The first-order valence-corrected chi connectivity index (χ1v) is 10.4. The SMILES string of the molecule is CCOc1cc(OCc2ccccc2)ccc1CCCc1ccc(OC)cc1OC. The third-order valence-electron chi connectivity index (χ3n) is 4.97. The standard InChI is InChI=1S/C26H30O4/c1-4-29-26-18-24(30-19-20-9-6-5-7-10-20)16-14-22(26)12-8-11-21-13-15-23(27-2)17-25(21)28-3/h5-7,9-10,13-18H,4,8,11-12,19H2,1-3H3. The molecule has 0 saturated heterocycles. The summed E-state index contributed by atoms with van der Waals surface area (Å²) in [5.41, 5.74) is 3.52. The van der Waals surface area contributed by atoms with Crippen LogP contribution in [0.3, 0.4) is 0 Å². The summed E-state index contributed by atoms with van der Waals surface area (Å²) in [5.74, 6) is 3.39. The van der Waals surface area contributed by atoms with Gasteiger partial charge in [-0.2, -0.15) is 0 Å². The Hall–Kier alpha value is -3.14. The van der Waals surface area contributed by atoms with Gasteiger partial charge in [-0.1, -0.05) is 42.5 Å². The summed E-state index contributed by atoms with van der Waals surface area (Å²) in [6.45, 7) is 3.17. The zero-order valence-corrected chi connectivity index (χ0v) is 18.0. The van der Waals surface area contributed by atoms with Crippen molar-refractivity contribution in [1.82, 2.24) is 0 Å². The van der Waals surface area contributed by atoms with E-state index in [0.29, 0.717) is 13.2 Å². The summed E-state index contributed by atoms with van der Waals surface area (Å²) in [6, 6.07) is 22.3. The van der Waals surface area contributed by atoms with E-state index < -0.39 is 0 Å². The Morgan fingerprint density at radius 2 is 1.33 bits per heavy atom. The van der Waals surface area contributed by atoms with Gasteiger partial charge in [-0.05, 0) is 55.0 Å². The monoisotopic (exact) mass is 406 g/mol. The molecular formula is C26H30O4. The maximum absolute atomic E-state index is 5.95. The fourth-order valence-corrected chi connectivity index (χ4v) is 3.39. The summed E-state index contributed by atoms with van der Waals surface area (Å²) < 4.78 is 22.6. The highest BCUT2D eigenvalue weighted by atomic mass is 16.5. The summed E-state index contributed by atoms with van der Waals surface area (Å²) >= 11 is 0. The van der Waals surface area contributed by atoms with E-state index in [2.05, 4.69) is 24.3 Å². The van der Waals surface area contributed by atoms with E-state index in [0.717, 1.165) is 47.8 Å². The number of aryl methyl sites for hydroxylation is 2. The second-order valence-electron chi connectivity index (χ2n) is 7.01. The Labute approximate surface area is 179 Å². The van der Waals surface area contributed by atoms with E-state index in [1.807, 2.05) is 49.4 Å². The molecule has 0 aromatic heterocycles. The second kappa shape index (κ2) is 11.1. The van der Waals surface area contributed by atoms with Crippen molar-refractivity contribution in [3.8, 4) is 23.0 Å². The number of benzene rings is 3. The van der Waals surface area contributed by atoms with E-state index in [1.165, 1.54) is 11.1 Å². The zero-order chi connectivity index (χ0) is 21.2. The Kier molecular flexibility index (Phi) is 8.02. The third kappa shape index (κ3) is 5.93. The van der Waals surface area contributed by atoms with Crippen LogP contribution < -0.4 is 18.9 Å². The van der Waals surface area contributed by atoms with Crippen molar-refractivity contribution in [3.05, 3.63) is 83.4 Å². The lowest BCUT2D eigenvalue weighted by molar-refractivity contribution is 0.298. The van der Waals surface area contributed by atoms with Crippen LogP contribution in [0.5, 0.6) is 23.0 Å². The first-order chi connectivity index (χ1) is 14.7. The van der Waals surface area contributed by atoms with Gasteiger partial charge in [-0.25, -0.2) is 0 Å². The van der Waals surface area contributed by atoms with Crippen LogP contribution in [0, 0.1) is 0 Å². The van der Waals surface area contributed by atoms with Gasteiger partial charge in [0.25, 0.3) is 0 Å². The van der Waals surface area contributed by atoms with Crippen LogP contribution in [0.1, 0.15) is 30.0 Å². The molecule has 30 heavy (non-hydrogen) atoms. The lowest BCUT2D eigenvalue weighted by Crippen LogP contribution is -2.01. The molecule has 3 aromatic rings. The van der Waals surface area contributed by atoms with Gasteiger partial charge in [0.15, 0.2) is 0 Å². The molecule has 0 fully saturated rings. The van der Waals surface area contributed by atoms with Crippen molar-refractivity contribution in [2.24, 2.45) is 0 Å². The molecule has 3 aromatic carbocycles. The van der Waals surface area contributed by atoms with Crippen molar-refractivity contribution in [2.45, 2.75) is 32.8 Å². The van der Waals surface area contributed by atoms with Gasteiger partial charge in [-0.3, -0.25) is 0 Å². The molecule has 3 rings (SSSR count). The van der Waals surface area contributed by atoms with Crippen molar-refractivity contribution >= 4 is 0 Å². The predicted molar refractivity (Wildman–Crippen MR) is 120 cm³/mol. The molecule has 0 atom stereocenters. The topological polar surface area (TPSA) is 36.9 Å². The molecule has 0 N–H and O–H groups in total. The molecule has 0 amide bonds. The number of hydrogen-bond donors (Lipinski definition) is 0. The molecule has 4 heteroatoms. The van der Waals surface area contributed by atoms with Gasteiger partial charge < -0.3 is 18.9 Å². The Bertz CT molecular complexity index is 922. The van der Waals surface area contributed by atoms with Crippen LogP contribution in [0.4, 0.5) is 0 Å². The van der Waals surface area contributed by atoms with E-state index >= 15 is 0 Å². The average Bonchev–Trinajstić information content (AvgIpc) is 2.80. The summed E-state index contributed by atoms with van der Waals surface area (Å²) in [4.78, 5) is 0. The normalized spacial score (nSPS) is 10.5. The zero-order valence-electron chi connectivity index (χ0n) is 18.0. The quantitative estimate of drug-likeness (QED) is 0.400. The highest BCUT2D eigenvalue weighted by Crippen LogP contribution is 2.29. The molecule has 158 valence electrons. The smallest absolute Gasteiger partial charge is 0.126 e. The number of methoxy groups -OCH3 is 2. The minimum atomic E-state index is 0.545. The van der Waals surface area contributed by atoms with E-state index in [-0.39, 0.29) is 0 Å². The summed E-state index contributed by atoms with van der Waals surface area (Å²) in [5, 5.41) is 0. The molecule has 0 unspecified atom stereocenters. The van der Waals surface area contributed by atoms with Crippen molar-refractivity contribution in [1.29, 1.82) is 0 Å². The van der Waals surface area contributed by atoms with Crippen LogP contribution in [0.15, 0.2) is 66.7 Å². The van der Waals surface area contributed by atoms with Crippen molar-refractivity contribution in [2.75, 3.05) is 20.8 Å². The largest absolute Gasteiger partial charge is 0.497 e.